The van der Waals surface area contributed by atoms with Crippen LogP contribution in [0.1, 0.15) is 31.4 Å². The number of carbonyl (C=O) groups is 1. The van der Waals surface area contributed by atoms with Gasteiger partial charge >= 0.3 is 124 Å². The number of carbonyl (C=O) groups excluding carboxylic acids is 1. The molecule has 0 aliphatic heterocycles. The predicted octanol–water partition coefficient (Wildman–Crippen LogP) is 3.06. The van der Waals surface area contributed by atoms with Crippen molar-refractivity contribution < 1.29 is 9.53 Å². The van der Waals surface area contributed by atoms with Crippen molar-refractivity contribution in [3.8, 4) is 0 Å². The summed E-state index contributed by atoms with van der Waals surface area (Å²) in [6.07, 6.45) is 0. The summed E-state index contributed by atoms with van der Waals surface area (Å²) in [4.78, 5) is 26.5. The molecule has 0 bridgehead atoms. The summed E-state index contributed by atoms with van der Waals surface area (Å²) in [6.45, 7) is 5.54. The van der Waals surface area contributed by atoms with E-state index in [9.17, 15) is 4.79 Å². The Morgan fingerprint density at radius 3 is 2.45 bits per heavy atom. The van der Waals surface area contributed by atoms with Crippen LogP contribution >= 0.6 is 0 Å². The molecule has 5 heteroatoms. The summed E-state index contributed by atoms with van der Waals surface area (Å²) in [5, 5.41) is 0. The molecule has 0 saturated heterocycles. The van der Waals surface area contributed by atoms with Crippen LogP contribution in [0.5, 0.6) is 0 Å². The van der Waals surface area contributed by atoms with Crippen molar-refractivity contribution in [2.45, 2.75) is 41.2 Å². The normalized spacial score (nSPS) is 12.7. The van der Waals surface area contributed by atoms with Gasteiger partial charge in [0, 0.05) is 0 Å². The fourth-order valence-electron chi connectivity index (χ4n) is 1.90. The summed E-state index contributed by atoms with van der Waals surface area (Å²) >= 11 is -2.10. The average molecular weight is 381 g/mol. The molecular weight excluding hydrogens is 359 g/mol. The van der Waals surface area contributed by atoms with Gasteiger partial charge in [0.15, 0.2) is 0 Å². The van der Waals surface area contributed by atoms with E-state index in [4.69, 9.17) is 4.74 Å². The van der Waals surface area contributed by atoms with Gasteiger partial charge in [-0.05, 0) is 0 Å². The molecule has 2 rings (SSSR count). The van der Waals surface area contributed by atoms with Crippen LogP contribution in [0.15, 0.2) is 18.2 Å². The van der Waals surface area contributed by atoms with E-state index in [2.05, 4.69) is 36.9 Å². The molecule has 0 spiro atoms. The summed E-state index contributed by atoms with van der Waals surface area (Å²) in [7, 11) is 0. The minimum absolute atomic E-state index is 0.274. The molecule has 0 atom stereocenters. The monoisotopic (exact) mass is 382 g/mol. The van der Waals surface area contributed by atoms with Gasteiger partial charge < -0.3 is 0 Å². The van der Waals surface area contributed by atoms with Crippen molar-refractivity contribution in [1.82, 2.24) is 9.97 Å². The number of rotatable bonds is 2. The zero-order valence-corrected chi connectivity index (χ0v) is 15.8. The van der Waals surface area contributed by atoms with Crippen molar-refractivity contribution in [2.24, 2.45) is 0 Å². The molecule has 1 N–H and O–H groups in total. The van der Waals surface area contributed by atoms with Gasteiger partial charge in [-0.25, -0.2) is 0 Å². The molecule has 0 fully saturated rings. The van der Waals surface area contributed by atoms with Gasteiger partial charge in [-0.3, -0.25) is 0 Å². The Balaban J connectivity index is 2.37. The van der Waals surface area contributed by atoms with E-state index in [1.807, 2.05) is 26.8 Å². The zero-order chi connectivity index (χ0) is 15.1. The summed E-state index contributed by atoms with van der Waals surface area (Å²) in [5.41, 5.74) is 1.21. The molecule has 108 valence electrons. The number of H-pyrrole nitrogens is 1. The van der Waals surface area contributed by atoms with Crippen LogP contribution in [-0.2, 0) is 4.74 Å². The molecule has 4 nitrogen and oxygen atoms in total. The Hall–Kier alpha value is -1.04. The fourth-order valence-corrected chi connectivity index (χ4v) is 5.21. The second kappa shape index (κ2) is 5.06. The molecule has 1 heterocycles. The van der Waals surface area contributed by atoms with Crippen LogP contribution in [0.2, 0.25) is 14.8 Å². The maximum absolute atomic E-state index is 12.0. The Morgan fingerprint density at radius 2 is 1.90 bits per heavy atom. The quantitative estimate of drug-likeness (QED) is 0.643. The number of ether oxygens (including phenoxy) is 1. The van der Waals surface area contributed by atoms with E-state index in [-0.39, 0.29) is 5.82 Å². The third kappa shape index (κ3) is 3.53. The number of hydrogen-bond donors (Lipinski definition) is 1. The van der Waals surface area contributed by atoms with Gasteiger partial charge in [0.1, 0.15) is 0 Å². The average Bonchev–Trinajstić information content (AvgIpc) is 2.67. The van der Waals surface area contributed by atoms with Gasteiger partial charge in [0.25, 0.3) is 0 Å². The van der Waals surface area contributed by atoms with Crippen molar-refractivity contribution in [3.63, 3.8) is 0 Å². The molecule has 0 unspecified atom stereocenters. The standard InChI is InChI=1S/C12H13N2O2.3CH3.Sn/c1-12(2,3)16-11(15)10-13-8-6-4-5-7-9(8)14-10;;;;/h4,6-7H,1-3H3,(H,13,14);3*1H3;. The van der Waals surface area contributed by atoms with Gasteiger partial charge in [-0.1, -0.05) is 0 Å². The van der Waals surface area contributed by atoms with E-state index >= 15 is 0 Å². The van der Waals surface area contributed by atoms with Crippen LogP contribution in [-0.4, -0.2) is 39.9 Å². The van der Waals surface area contributed by atoms with Crippen LogP contribution in [0.4, 0.5) is 0 Å². The first-order chi connectivity index (χ1) is 9.06. The zero-order valence-electron chi connectivity index (χ0n) is 13.0. The van der Waals surface area contributed by atoms with Crippen LogP contribution in [0.3, 0.4) is 0 Å². The first kappa shape index (κ1) is 15.3. The molecule has 1 aromatic carbocycles. The second-order valence-corrected chi connectivity index (χ2v) is 21.6. The summed E-state index contributed by atoms with van der Waals surface area (Å²) in [5.74, 6) is -0.134. The molecule has 2 aromatic rings. The summed E-state index contributed by atoms with van der Waals surface area (Å²) in [6, 6.07) is 6.25. The molecule has 1 aromatic heterocycles. The van der Waals surface area contributed by atoms with Crippen molar-refractivity contribution in [1.29, 1.82) is 0 Å². The van der Waals surface area contributed by atoms with Gasteiger partial charge in [-0.15, -0.1) is 0 Å². The number of fused-ring (bicyclic) bond motifs is 1. The van der Waals surface area contributed by atoms with E-state index in [1.54, 1.807) is 0 Å². The molecular formula is C15H22N2O2Sn. The third-order valence-corrected chi connectivity index (χ3v) is 8.77. The minimum atomic E-state index is -2.10. The topological polar surface area (TPSA) is 55.0 Å². The van der Waals surface area contributed by atoms with E-state index in [0.717, 1.165) is 11.0 Å². The Morgan fingerprint density at radius 1 is 1.25 bits per heavy atom. The Bertz CT molecular complexity index is 648. The van der Waals surface area contributed by atoms with E-state index < -0.39 is 29.9 Å². The Kier molecular flexibility index (Phi) is 3.88. The predicted molar refractivity (Wildman–Crippen MR) is 84.2 cm³/mol. The fraction of sp³-hybridized carbons (Fsp3) is 0.467. The molecule has 20 heavy (non-hydrogen) atoms. The first-order valence-corrected chi connectivity index (χ1v) is 16.8. The van der Waals surface area contributed by atoms with Gasteiger partial charge in [-0.2, -0.15) is 0 Å². The Labute approximate surface area is 123 Å². The molecule has 0 radical (unpaired) electrons. The number of esters is 1. The number of imidazole rings is 1. The number of benzene rings is 1. The number of nitrogens with zero attached hydrogens (tertiary/aromatic N) is 1. The van der Waals surface area contributed by atoms with Crippen molar-refractivity contribution in [3.05, 3.63) is 24.0 Å². The van der Waals surface area contributed by atoms with E-state index in [0.29, 0.717) is 0 Å². The number of nitrogens with one attached hydrogen (secondary N) is 1. The SMILES string of the molecule is CC(C)(C)OC(=O)c1nc2cc[c]([Sn]([CH3])([CH3])[CH3])cc2[nH]1. The molecule has 0 saturated carbocycles. The second-order valence-electron chi connectivity index (χ2n) is 7.07. The molecule has 0 amide bonds. The van der Waals surface area contributed by atoms with Gasteiger partial charge in [0.2, 0.25) is 0 Å². The number of hydrogen-bond acceptors (Lipinski definition) is 3. The molecule has 0 aliphatic rings. The van der Waals surface area contributed by atoms with E-state index in [1.165, 1.54) is 3.58 Å². The van der Waals surface area contributed by atoms with Crippen LogP contribution in [0, 0.1) is 0 Å². The third-order valence-electron chi connectivity index (χ3n) is 2.94. The number of aromatic amines is 1. The maximum atomic E-state index is 12.0. The van der Waals surface area contributed by atoms with Gasteiger partial charge in [0.05, 0.1) is 0 Å². The molecule has 0 aliphatic carbocycles. The van der Waals surface area contributed by atoms with Crippen molar-refractivity contribution >= 4 is 39.0 Å². The first-order valence-electron chi connectivity index (χ1n) is 6.80. The summed E-state index contributed by atoms with van der Waals surface area (Å²) < 4.78 is 6.74. The van der Waals surface area contributed by atoms with Crippen LogP contribution < -0.4 is 3.58 Å². The van der Waals surface area contributed by atoms with Crippen LogP contribution in [0.25, 0.3) is 11.0 Å². The van der Waals surface area contributed by atoms with Crippen molar-refractivity contribution in [2.75, 3.05) is 0 Å². The number of aromatic nitrogens is 2.